The maximum Gasteiger partial charge on any atom is 0.232 e. The molecule has 0 saturated heterocycles. The van der Waals surface area contributed by atoms with Gasteiger partial charge in [-0.05, 0) is 49.2 Å². The molecule has 0 radical (unpaired) electrons. The van der Waals surface area contributed by atoms with Crippen molar-refractivity contribution < 1.29 is 18.7 Å². The molecule has 2 heterocycles. The van der Waals surface area contributed by atoms with Gasteiger partial charge in [0.1, 0.15) is 18.2 Å². The molecule has 0 spiro atoms. The number of anilines is 1. The van der Waals surface area contributed by atoms with Crippen molar-refractivity contribution in [3.05, 3.63) is 41.3 Å². The summed E-state index contributed by atoms with van der Waals surface area (Å²) < 4.78 is 29.1. The van der Waals surface area contributed by atoms with Crippen molar-refractivity contribution in [2.75, 3.05) is 12.4 Å². The van der Waals surface area contributed by atoms with Gasteiger partial charge in [0.2, 0.25) is 5.91 Å². The van der Waals surface area contributed by atoms with Crippen LogP contribution in [0.2, 0.25) is 0 Å². The van der Waals surface area contributed by atoms with Crippen LogP contribution < -0.4 is 10.6 Å². The highest BCUT2D eigenvalue weighted by atomic mass is 32.1. The Balaban J connectivity index is 1.58. The van der Waals surface area contributed by atoms with Crippen molar-refractivity contribution in [3.8, 4) is 11.1 Å². The van der Waals surface area contributed by atoms with E-state index in [1.54, 1.807) is 26.2 Å². The summed E-state index contributed by atoms with van der Waals surface area (Å²) in [6.07, 6.45) is -0.388. The first-order chi connectivity index (χ1) is 14.9. The van der Waals surface area contributed by atoms with E-state index in [0.717, 1.165) is 10.3 Å². The summed E-state index contributed by atoms with van der Waals surface area (Å²) in [5, 5.41) is 23.5. The molecule has 0 aliphatic heterocycles. The number of thiazole rings is 1. The fourth-order valence-corrected chi connectivity index (χ4v) is 4.75. The number of amides is 1. The van der Waals surface area contributed by atoms with Crippen molar-refractivity contribution in [1.29, 1.82) is 0 Å². The lowest BCUT2D eigenvalue weighted by Gasteiger charge is -2.17. The molecule has 2 aromatic heterocycles. The van der Waals surface area contributed by atoms with Gasteiger partial charge in [0.05, 0.1) is 33.4 Å². The third-order valence-corrected chi connectivity index (χ3v) is 6.56. The van der Waals surface area contributed by atoms with Gasteiger partial charge in [0.25, 0.3) is 0 Å². The molecule has 1 aliphatic carbocycles. The summed E-state index contributed by atoms with van der Waals surface area (Å²) in [4.78, 5) is 16.4. The van der Waals surface area contributed by atoms with Crippen LogP contribution in [0.1, 0.15) is 23.8 Å². The van der Waals surface area contributed by atoms with Crippen molar-refractivity contribution in [2.45, 2.75) is 25.7 Å². The Morgan fingerprint density at radius 3 is 2.90 bits per heavy atom. The Hall–Kier alpha value is -2.95. The van der Waals surface area contributed by atoms with E-state index in [2.05, 4.69) is 25.8 Å². The van der Waals surface area contributed by atoms with Gasteiger partial charge in [-0.25, -0.2) is 13.8 Å². The van der Waals surface area contributed by atoms with E-state index >= 15 is 4.39 Å². The number of carbonyl (C=O) groups is 1. The first-order valence-corrected chi connectivity index (χ1v) is 10.6. The smallest absolute Gasteiger partial charge is 0.232 e. The van der Waals surface area contributed by atoms with E-state index in [1.165, 1.54) is 11.3 Å². The molecule has 160 valence electrons. The highest BCUT2D eigenvalue weighted by molar-refractivity contribution is 7.22. The molecule has 1 unspecified atom stereocenters. The standard InChI is InChI=1S/C21H19F2N5O2S/c1-8-15(11-7-25-28-18(11)16(17(8)23)20(30)24-2)9-3-4-13-14(5-9)31-21(26-13)27-19(29)10-6-12(10)22/h3-5,7,10,12,20,24,30H,6H2,1-2H3,(H,25,28)(H,26,27,29)/t10-,12+,20?/m1/s1. The van der Waals surface area contributed by atoms with E-state index in [1.807, 2.05) is 12.1 Å². The van der Waals surface area contributed by atoms with Gasteiger partial charge in [0.15, 0.2) is 5.13 Å². The minimum atomic E-state index is -1.18. The summed E-state index contributed by atoms with van der Waals surface area (Å²) in [6, 6.07) is 5.50. The van der Waals surface area contributed by atoms with Gasteiger partial charge >= 0.3 is 0 Å². The lowest BCUT2D eigenvalue weighted by atomic mass is 9.93. The van der Waals surface area contributed by atoms with Crippen LogP contribution in [0.3, 0.4) is 0 Å². The van der Waals surface area contributed by atoms with Crippen LogP contribution in [0.4, 0.5) is 13.9 Å². The minimum absolute atomic E-state index is 0.117. The van der Waals surface area contributed by atoms with Crippen LogP contribution in [-0.2, 0) is 4.79 Å². The molecule has 1 aliphatic rings. The maximum atomic E-state index is 15.2. The van der Waals surface area contributed by atoms with E-state index in [0.29, 0.717) is 32.7 Å². The second-order valence-electron chi connectivity index (χ2n) is 7.63. The number of benzene rings is 2. The SMILES string of the molecule is CNC(O)c1c(F)c(C)c(-c2ccc3nc(NC(=O)[C@@H]4C[C@@H]4F)sc3c2)c2cn[nH]c12. The Labute approximate surface area is 179 Å². The van der Waals surface area contributed by atoms with Crippen LogP contribution in [0.25, 0.3) is 32.2 Å². The number of aromatic nitrogens is 3. The van der Waals surface area contributed by atoms with Crippen molar-refractivity contribution in [1.82, 2.24) is 20.5 Å². The third kappa shape index (κ3) is 3.27. The quantitative estimate of drug-likeness (QED) is 0.352. The highest BCUT2D eigenvalue weighted by Gasteiger charge is 2.43. The molecule has 3 atom stereocenters. The monoisotopic (exact) mass is 443 g/mol. The molecule has 1 fully saturated rings. The van der Waals surface area contributed by atoms with Gasteiger partial charge in [-0.15, -0.1) is 0 Å². The summed E-state index contributed by atoms with van der Waals surface area (Å²) in [7, 11) is 1.54. The van der Waals surface area contributed by atoms with Gasteiger partial charge in [-0.3, -0.25) is 15.2 Å². The van der Waals surface area contributed by atoms with Gasteiger partial charge in [-0.2, -0.15) is 5.10 Å². The van der Waals surface area contributed by atoms with Gasteiger partial charge in [0, 0.05) is 5.39 Å². The summed E-state index contributed by atoms with van der Waals surface area (Å²) in [5.74, 6) is -1.46. The number of aliphatic hydroxyl groups is 1. The fraction of sp³-hybridized carbons (Fsp3) is 0.286. The number of aliphatic hydroxyl groups excluding tert-OH is 1. The lowest BCUT2D eigenvalue weighted by molar-refractivity contribution is -0.117. The zero-order valence-electron chi connectivity index (χ0n) is 16.7. The van der Waals surface area contributed by atoms with Crippen LogP contribution in [0.5, 0.6) is 0 Å². The van der Waals surface area contributed by atoms with E-state index in [4.69, 9.17) is 0 Å². The second kappa shape index (κ2) is 7.33. The summed E-state index contributed by atoms with van der Waals surface area (Å²) >= 11 is 1.28. The molecule has 10 heteroatoms. The van der Waals surface area contributed by atoms with Gasteiger partial charge < -0.3 is 10.4 Å². The average molecular weight is 443 g/mol. The van der Waals surface area contributed by atoms with E-state index in [-0.39, 0.29) is 17.9 Å². The van der Waals surface area contributed by atoms with E-state index < -0.39 is 24.1 Å². The number of carbonyl (C=O) groups excluding carboxylic acids is 1. The van der Waals surface area contributed by atoms with E-state index in [9.17, 15) is 14.3 Å². The Kier molecular flexibility index (Phi) is 4.72. The fourth-order valence-electron chi connectivity index (χ4n) is 3.84. The molecule has 1 saturated carbocycles. The first-order valence-electron chi connectivity index (χ1n) is 9.75. The number of aromatic amines is 1. The number of alkyl halides is 1. The molecule has 2 aromatic carbocycles. The number of rotatable bonds is 5. The van der Waals surface area contributed by atoms with Crippen molar-refractivity contribution in [3.63, 3.8) is 0 Å². The summed E-state index contributed by atoms with van der Waals surface area (Å²) in [5.41, 5.74) is 3.02. The normalized spacial score (nSPS) is 19.1. The summed E-state index contributed by atoms with van der Waals surface area (Å²) in [6.45, 7) is 1.66. The van der Waals surface area contributed by atoms with Crippen molar-refractivity contribution in [2.24, 2.45) is 5.92 Å². The Morgan fingerprint density at radius 1 is 1.42 bits per heavy atom. The maximum absolute atomic E-state index is 15.2. The predicted octanol–water partition coefficient (Wildman–Crippen LogP) is 3.79. The number of nitrogens with one attached hydrogen (secondary N) is 3. The van der Waals surface area contributed by atoms with Crippen LogP contribution in [0, 0.1) is 18.7 Å². The zero-order chi connectivity index (χ0) is 21.9. The predicted molar refractivity (Wildman–Crippen MR) is 115 cm³/mol. The molecular formula is C21H19F2N5O2S. The largest absolute Gasteiger partial charge is 0.374 e. The molecule has 31 heavy (non-hydrogen) atoms. The molecule has 1 amide bonds. The third-order valence-electron chi connectivity index (χ3n) is 5.62. The molecule has 5 rings (SSSR count). The second-order valence-corrected chi connectivity index (χ2v) is 8.66. The topological polar surface area (TPSA) is 103 Å². The number of hydrogen-bond donors (Lipinski definition) is 4. The highest BCUT2D eigenvalue weighted by Crippen LogP contribution is 2.40. The molecular weight excluding hydrogens is 424 g/mol. The molecule has 0 bridgehead atoms. The number of halogens is 2. The van der Waals surface area contributed by atoms with Crippen LogP contribution in [0.15, 0.2) is 24.4 Å². The Bertz CT molecular complexity index is 1330. The molecule has 4 N–H and O–H groups in total. The number of fused-ring (bicyclic) bond motifs is 2. The number of H-pyrrole nitrogens is 1. The Morgan fingerprint density at radius 2 is 2.19 bits per heavy atom. The van der Waals surface area contributed by atoms with Crippen molar-refractivity contribution >= 4 is 43.5 Å². The van der Waals surface area contributed by atoms with Crippen LogP contribution >= 0.6 is 11.3 Å². The lowest BCUT2D eigenvalue weighted by Crippen LogP contribution is -2.18. The van der Waals surface area contributed by atoms with Crippen LogP contribution in [-0.4, -0.2) is 39.4 Å². The zero-order valence-corrected chi connectivity index (χ0v) is 17.5. The number of nitrogens with zero attached hydrogens (tertiary/aromatic N) is 2. The molecule has 7 nitrogen and oxygen atoms in total. The first kappa shape index (κ1) is 20.0. The average Bonchev–Trinajstić information content (AvgIpc) is 3.12. The minimum Gasteiger partial charge on any atom is -0.374 e. The number of hydrogen-bond acceptors (Lipinski definition) is 6. The molecule has 4 aromatic rings. The van der Waals surface area contributed by atoms with Gasteiger partial charge in [-0.1, -0.05) is 17.4 Å².